The highest BCUT2D eigenvalue weighted by Crippen LogP contribution is 2.26. The molecule has 2 heteroatoms. The van der Waals surface area contributed by atoms with Crippen LogP contribution in [0, 0.1) is 0 Å². The molecule has 2 nitrogen and oxygen atoms in total. The molecule has 0 aliphatic carbocycles. The highest BCUT2D eigenvalue weighted by atomic mass is 16.2. The molecule has 0 fully saturated rings. The fraction of sp³-hybridized carbons (Fsp3) is 0.316. The van der Waals surface area contributed by atoms with E-state index >= 15 is 0 Å². The van der Waals surface area contributed by atoms with E-state index in [1.807, 2.05) is 48.2 Å². The van der Waals surface area contributed by atoms with Crippen LogP contribution < -0.4 is 0 Å². The van der Waals surface area contributed by atoms with E-state index in [0.717, 1.165) is 6.42 Å². The van der Waals surface area contributed by atoms with Crippen molar-refractivity contribution in [2.24, 2.45) is 0 Å². The Kier molecular flexibility index (Phi) is 5.56. The minimum atomic E-state index is 0.138. The van der Waals surface area contributed by atoms with Gasteiger partial charge in [0.2, 0.25) is 5.91 Å². The molecule has 21 heavy (non-hydrogen) atoms. The zero-order valence-electron chi connectivity index (χ0n) is 12.8. The first kappa shape index (κ1) is 15.3. The van der Waals surface area contributed by atoms with Crippen molar-refractivity contribution in [3.63, 3.8) is 0 Å². The monoisotopic (exact) mass is 281 g/mol. The van der Waals surface area contributed by atoms with Crippen molar-refractivity contribution in [1.82, 2.24) is 4.90 Å². The van der Waals surface area contributed by atoms with Gasteiger partial charge in [-0.2, -0.15) is 0 Å². The van der Waals surface area contributed by atoms with Gasteiger partial charge in [0.25, 0.3) is 0 Å². The van der Waals surface area contributed by atoms with E-state index in [9.17, 15) is 4.79 Å². The maximum atomic E-state index is 12.4. The summed E-state index contributed by atoms with van der Waals surface area (Å²) in [5.74, 6) is 0.203. The molecule has 2 aromatic rings. The second kappa shape index (κ2) is 7.63. The Labute approximate surface area is 127 Å². The summed E-state index contributed by atoms with van der Waals surface area (Å²) in [5, 5.41) is 0. The van der Waals surface area contributed by atoms with Gasteiger partial charge in [-0.1, -0.05) is 74.5 Å². The van der Waals surface area contributed by atoms with E-state index in [1.165, 1.54) is 11.1 Å². The number of hydrogen-bond acceptors (Lipinski definition) is 1. The van der Waals surface area contributed by atoms with Crippen molar-refractivity contribution in [3.05, 3.63) is 71.8 Å². The quantitative estimate of drug-likeness (QED) is 0.759. The van der Waals surface area contributed by atoms with Gasteiger partial charge < -0.3 is 4.90 Å². The van der Waals surface area contributed by atoms with Crippen LogP contribution in [0.15, 0.2) is 60.7 Å². The van der Waals surface area contributed by atoms with Crippen LogP contribution in [0.3, 0.4) is 0 Å². The number of benzene rings is 2. The predicted octanol–water partition coefficient (Wildman–Crippen LogP) is 4.58. The molecule has 0 saturated carbocycles. The van der Waals surface area contributed by atoms with Crippen LogP contribution >= 0.6 is 0 Å². The smallest absolute Gasteiger partial charge is 0.223 e. The van der Waals surface area contributed by atoms with Gasteiger partial charge in [0.15, 0.2) is 0 Å². The number of carbonyl (C=O) groups excluding carboxylic acids is 1. The Balaban J connectivity index is 2.28. The van der Waals surface area contributed by atoms with Crippen LogP contribution in [0.25, 0.3) is 0 Å². The van der Waals surface area contributed by atoms with Crippen molar-refractivity contribution in [2.45, 2.75) is 39.3 Å². The van der Waals surface area contributed by atoms with Crippen LogP contribution in [0.2, 0.25) is 0 Å². The van der Waals surface area contributed by atoms with Gasteiger partial charge in [-0.25, -0.2) is 0 Å². The van der Waals surface area contributed by atoms with Crippen molar-refractivity contribution >= 4 is 5.91 Å². The zero-order valence-corrected chi connectivity index (χ0v) is 12.8. The molecule has 2 rings (SSSR count). The summed E-state index contributed by atoms with van der Waals surface area (Å²) in [5.41, 5.74) is 2.38. The Morgan fingerprint density at radius 3 is 2.05 bits per heavy atom. The molecule has 0 heterocycles. The maximum Gasteiger partial charge on any atom is 0.223 e. The maximum absolute atomic E-state index is 12.4. The first-order valence-electron chi connectivity index (χ1n) is 7.64. The van der Waals surface area contributed by atoms with Gasteiger partial charge in [-0.3, -0.25) is 4.79 Å². The highest BCUT2D eigenvalue weighted by Gasteiger charge is 2.22. The molecule has 0 N–H and O–H groups in total. The summed E-state index contributed by atoms with van der Waals surface area (Å²) < 4.78 is 0. The molecule has 0 aromatic heterocycles. The standard InChI is InChI=1S/C19H23NO/c1-3-18(17-13-9-6-10-14-17)20(19(21)4-2)15-16-11-7-5-8-12-16/h5-14,18H,3-4,15H2,1-2H3. The number of hydrogen-bond donors (Lipinski definition) is 0. The van der Waals surface area contributed by atoms with Gasteiger partial charge >= 0.3 is 0 Å². The number of nitrogens with zero attached hydrogens (tertiary/aromatic N) is 1. The average Bonchev–Trinajstić information content (AvgIpc) is 2.56. The van der Waals surface area contributed by atoms with Crippen LogP contribution in [-0.4, -0.2) is 10.8 Å². The zero-order chi connectivity index (χ0) is 15.1. The van der Waals surface area contributed by atoms with E-state index in [-0.39, 0.29) is 11.9 Å². The first-order valence-corrected chi connectivity index (χ1v) is 7.64. The van der Waals surface area contributed by atoms with Crippen molar-refractivity contribution in [1.29, 1.82) is 0 Å². The molecular weight excluding hydrogens is 258 g/mol. The minimum Gasteiger partial charge on any atom is -0.331 e. The van der Waals surface area contributed by atoms with Crippen LogP contribution in [0.5, 0.6) is 0 Å². The van der Waals surface area contributed by atoms with E-state index < -0.39 is 0 Å². The van der Waals surface area contributed by atoms with Crippen molar-refractivity contribution in [2.75, 3.05) is 0 Å². The first-order chi connectivity index (χ1) is 10.3. The molecule has 1 amide bonds. The SMILES string of the molecule is CCC(=O)N(Cc1ccccc1)C(CC)c1ccccc1. The molecule has 2 aromatic carbocycles. The van der Waals surface area contributed by atoms with Crippen LogP contribution in [-0.2, 0) is 11.3 Å². The lowest BCUT2D eigenvalue weighted by molar-refractivity contribution is -0.134. The third kappa shape index (κ3) is 3.94. The molecule has 0 bridgehead atoms. The molecular formula is C19H23NO. The summed E-state index contributed by atoms with van der Waals surface area (Å²) in [7, 11) is 0. The summed E-state index contributed by atoms with van der Waals surface area (Å²) in [6.45, 7) is 4.73. The molecule has 0 spiro atoms. The van der Waals surface area contributed by atoms with Gasteiger partial charge in [0.05, 0.1) is 6.04 Å². The number of carbonyl (C=O) groups is 1. The summed E-state index contributed by atoms with van der Waals surface area (Å²) in [6.07, 6.45) is 1.46. The molecule has 1 atom stereocenters. The predicted molar refractivity (Wildman–Crippen MR) is 86.8 cm³/mol. The Hall–Kier alpha value is -2.09. The lowest BCUT2D eigenvalue weighted by Gasteiger charge is -2.31. The normalized spacial score (nSPS) is 11.9. The average molecular weight is 281 g/mol. The fourth-order valence-corrected chi connectivity index (χ4v) is 2.67. The third-order valence-corrected chi connectivity index (χ3v) is 3.77. The molecule has 0 radical (unpaired) electrons. The van der Waals surface area contributed by atoms with E-state index in [1.54, 1.807) is 0 Å². The molecule has 0 aliphatic heterocycles. The number of amides is 1. The lowest BCUT2D eigenvalue weighted by Crippen LogP contribution is -2.33. The van der Waals surface area contributed by atoms with Crippen LogP contribution in [0.4, 0.5) is 0 Å². The lowest BCUT2D eigenvalue weighted by atomic mass is 10.0. The number of rotatable bonds is 6. The fourth-order valence-electron chi connectivity index (χ4n) is 2.67. The second-order valence-corrected chi connectivity index (χ2v) is 5.20. The van der Waals surface area contributed by atoms with Crippen molar-refractivity contribution < 1.29 is 4.79 Å². The van der Waals surface area contributed by atoms with E-state index in [0.29, 0.717) is 13.0 Å². The van der Waals surface area contributed by atoms with Gasteiger partial charge in [0, 0.05) is 13.0 Å². The van der Waals surface area contributed by atoms with Gasteiger partial charge in [0.1, 0.15) is 0 Å². The summed E-state index contributed by atoms with van der Waals surface area (Å²) in [4.78, 5) is 14.4. The van der Waals surface area contributed by atoms with Crippen LogP contribution in [0.1, 0.15) is 43.9 Å². The molecule has 0 saturated heterocycles. The molecule has 110 valence electrons. The largest absolute Gasteiger partial charge is 0.331 e. The van der Waals surface area contributed by atoms with E-state index in [2.05, 4.69) is 31.2 Å². The van der Waals surface area contributed by atoms with Gasteiger partial charge in [-0.15, -0.1) is 0 Å². The second-order valence-electron chi connectivity index (χ2n) is 5.20. The molecule has 1 unspecified atom stereocenters. The van der Waals surface area contributed by atoms with Crippen molar-refractivity contribution in [3.8, 4) is 0 Å². The topological polar surface area (TPSA) is 20.3 Å². The summed E-state index contributed by atoms with van der Waals surface area (Å²) >= 11 is 0. The third-order valence-electron chi connectivity index (χ3n) is 3.77. The van der Waals surface area contributed by atoms with Gasteiger partial charge in [-0.05, 0) is 17.5 Å². The Bertz CT molecular complexity index is 550. The highest BCUT2D eigenvalue weighted by molar-refractivity contribution is 5.76. The Morgan fingerprint density at radius 1 is 0.952 bits per heavy atom. The Morgan fingerprint density at radius 2 is 1.52 bits per heavy atom. The summed E-state index contributed by atoms with van der Waals surface area (Å²) in [6, 6.07) is 20.6. The minimum absolute atomic E-state index is 0.138. The van der Waals surface area contributed by atoms with E-state index in [4.69, 9.17) is 0 Å². The molecule has 0 aliphatic rings.